The Morgan fingerprint density at radius 1 is 1.07 bits per heavy atom. The summed E-state index contributed by atoms with van der Waals surface area (Å²) in [6.45, 7) is 1.32. The maximum atomic E-state index is 12.5. The highest BCUT2D eigenvalue weighted by atomic mass is 35.5. The van der Waals surface area contributed by atoms with E-state index >= 15 is 0 Å². The summed E-state index contributed by atoms with van der Waals surface area (Å²) in [5.74, 6) is -0.939. The SMILES string of the molecule is O=C(O)c1ccc(CNC(=O)N2C[C@@H](CO)[C@H](c3ccc(Cl)cc3)C2)cc1. The number of carbonyl (C=O) groups excluding carboxylic acids is 1. The minimum absolute atomic E-state index is 0.00766. The number of carboxylic acid groups (broad SMARTS) is 1. The normalized spacial score (nSPS) is 19.1. The Labute approximate surface area is 162 Å². The van der Waals surface area contributed by atoms with Gasteiger partial charge in [-0.05, 0) is 35.4 Å². The summed E-state index contributed by atoms with van der Waals surface area (Å²) in [5, 5.41) is 22.1. The van der Waals surface area contributed by atoms with Crippen LogP contribution in [0.5, 0.6) is 0 Å². The molecule has 2 amide bonds. The Hall–Kier alpha value is -2.57. The van der Waals surface area contributed by atoms with E-state index in [4.69, 9.17) is 16.7 Å². The van der Waals surface area contributed by atoms with Gasteiger partial charge in [-0.15, -0.1) is 0 Å². The fourth-order valence-electron chi connectivity index (χ4n) is 3.36. The van der Waals surface area contributed by atoms with Crippen molar-refractivity contribution in [1.82, 2.24) is 10.2 Å². The number of nitrogens with one attached hydrogen (secondary N) is 1. The fraction of sp³-hybridized carbons (Fsp3) is 0.300. The molecule has 0 unspecified atom stereocenters. The van der Waals surface area contributed by atoms with Crippen molar-refractivity contribution in [3.63, 3.8) is 0 Å². The van der Waals surface area contributed by atoms with Crippen LogP contribution in [-0.2, 0) is 6.54 Å². The molecule has 1 fully saturated rings. The molecular weight excluding hydrogens is 368 g/mol. The average molecular weight is 389 g/mol. The first kappa shape index (κ1) is 19.2. The minimum Gasteiger partial charge on any atom is -0.478 e. The molecule has 1 aliphatic heterocycles. The molecule has 6 nitrogen and oxygen atoms in total. The maximum absolute atomic E-state index is 12.5. The van der Waals surface area contributed by atoms with Crippen molar-refractivity contribution in [2.24, 2.45) is 5.92 Å². The number of rotatable bonds is 5. The number of carboxylic acids is 1. The topological polar surface area (TPSA) is 89.9 Å². The molecule has 142 valence electrons. The summed E-state index contributed by atoms with van der Waals surface area (Å²) in [4.78, 5) is 25.1. The fourth-order valence-corrected chi connectivity index (χ4v) is 3.49. The molecule has 2 atom stereocenters. The van der Waals surface area contributed by atoms with Crippen LogP contribution in [0.15, 0.2) is 48.5 Å². The summed E-state index contributed by atoms with van der Waals surface area (Å²) in [5.41, 5.74) is 2.08. The van der Waals surface area contributed by atoms with Crippen molar-refractivity contribution in [2.45, 2.75) is 12.5 Å². The van der Waals surface area contributed by atoms with Crippen LogP contribution in [0.1, 0.15) is 27.4 Å². The third-order valence-electron chi connectivity index (χ3n) is 4.91. The number of hydrogen-bond donors (Lipinski definition) is 3. The van der Waals surface area contributed by atoms with Gasteiger partial charge in [-0.25, -0.2) is 9.59 Å². The quantitative estimate of drug-likeness (QED) is 0.734. The lowest BCUT2D eigenvalue weighted by Gasteiger charge is -2.17. The van der Waals surface area contributed by atoms with Gasteiger partial charge in [0.1, 0.15) is 0 Å². The first-order chi connectivity index (χ1) is 13.0. The molecular formula is C20H21ClN2O4. The van der Waals surface area contributed by atoms with E-state index in [9.17, 15) is 14.7 Å². The molecule has 2 aromatic carbocycles. The van der Waals surface area contributed by atoms with Crippen LogP contribution in [0.25, 0.3) is 0 Å². The molecule has 1 aliphatic rings. The van der Waals surface area contributed by atoms with Gasteiger partial charge < -0.3 is 20.4 Å². The lowest BCUT2D eigenvalue weighted by atomic mass is 9.90. The molecule has 3 rings (SSSR count). The number of aromatic carboxylic acids is 1. The lowest BCUT2D eigenvalue weighted by molar-refractivity contribution is 0.0697. The smallest absolute Gasteiger partial charge is 0.335 e. The summed E-state index contributed by atoms with van der Waals surface area (Å²) >= 11 is 5.94. The van der Waals surface area contributed by atoms with E-state index < -0.39 is 5.97 Å². The van der Waals surface area contributed by atoms with Crippen LogP contribution in [0.4, 0.5) is 4.79 Å². The average Bonchev–Trinajstić information content (AvgIpc) is 3.11. The zero-order valence-electron chi connectivity index (χ0n) is 14.6. The number of benzene rings is 2. The van der Waals surface area contributed by atoms with E-state index in [-0.39, 0.29) is 30.0 Å². The number of carbonyl (C=O) groups is 2. The number of nitrogens with zero attached hydrogens (tertiary/aromatic N) is 1. The minimum atomic E-state index is -0.981. The third-order valence-corrected chi connectivity index (χ3v) is 5.16. The van der Waals surface area contributed by atoms with Crippen molar-refractivity contribution in [1.29, 1.82) is 0 Å². The number of amides is 2. The van der Waals surface area contributed by atoms with Crippen LogP contribution in [0.3, 0.4) is 0 Å². The second-order valence-electron chi connectivity index (χ2n) is 6.67. The Kier molecular flexibility index (Phi) is 5.98. The van der Waals surface area contributed by atoms with Crippen LogP contribution >= 0.6 is 11.6 Å². The number of urea groups is 1. The molecule has 0 saturated carbocycles. The van der Waals surface area contributed by atoms with Crippen molar-refractivity contribution in [3.05, 3.63) is 70.2 Å². The summed E-state index contributed by atoms with van der Waals surface area (Å²) < 4.78 is 0. The van der Waals surface area contributed by atoms with Crippen molar-refractivity contribution < 1.29 is 19.8 Å². The van der Waals surface area contributed by atoms with Gasteiger partial charge in [-0.2, -0.15) is 0 Å². The van der Waals surface area contributed by atoms with Crippen LogP contribution in [0, 0.1) is 5.92 Å². The Morgan fingerprint density at radius 3 is 2.33 bits per heavy atom. The summed E-state index contributed by atoms with van der Waals surface area (Å²) in [6, 6.07) is 13.7. The van der Waals surface area contributed by atoms with Gasteiger partial charge in [0.15, 0.2) is 0 Å². The van der Waals surface area contributed by atoms with Gasteiger partial charge in [0.2, 0.25) is 0 Å². The predicted molar refractivity (Wildman–Crippen MR) is 102 cm³/mol. The van der Waals surface area contributed by atoms with Gasteiger partial charge >= 0.3 is 12.0 Å². The standard InChI is InChI=1S/C20H21ClN2O4/c21-17-7-5-14(6-8-17)18-11-23(10-16(18)12-24)20(27)22-9-13-1-3-15(4-2-13)19(25)26/h1-8,16,18,24H,9-12H2,(H,22,27)(H,25,26)/t16-,18-/m0/s1. The highest BCUT2D eigenvalue weighted by Gasteiger charge is 2.35. The second kappa shape index (κ2) is 8.41. The second-order valence-corrected chi connectivity index (χ2v) is 7.10. The van der Waals surface area contributed by atoms with Gasteiger partial charge in [-0.1, -0.05) is 35.9 Å². The van der Waals surface area contributed by atoms with E-state index in [1.807, 2.05) is 24.3 Å². The molecule has 7 heteroatoms. The number of aliphatic hydroxyl groups is 1. The van der Waals surface area contributed by atoms with Gasteiger partial charge in [0.25, 0.3) is 0 Å². The molecule has 1 saturated heterocycles. The number of halogens is 1. The van der Waals surface area contributed by atoms with Crippen molar-refractivity contribution >= 4 is 23.6 Å². The Morgan fingerprint density at radius 2 is 1.74 bits per heavy atom. The lowest BCUT2D eigenvalue weighted by Crippen LogP contribution is -2.38. The van der Waals surface area contributed by atoms with E-state index in [0.29, 0.717) is 24.7 Å². The monoisotopic (exact) mass is 388 g/mol. The number of likely N-dealkylation sites (tertiary alicyclic amines) is 1. The predicted octanol–water partition coefficient (Wildman–Crippen LogP) is 2.96. The molecule has 3 N–H and O–H groups in total. The number of hydrogen-bond acceptors (Lipinski definition) is 3. The third kappa shape index (κ3) is 4.59. The first-order valence-electron chi connectivity index (χ1n) is 8.69. The number of aliphatic hydroxyl groups excluding tert-OH is 1. The molecule has 1 heterocycles. The van der Waals surface area contributed by atoms with Gasteiger partial charge in [0.05, 0.1) is 5.56 Å². The van der Waals surface area contributed by atoms with E-state index in [1.54, 1.807) is 17.0 Å². The molecule has 0 radical (unpaired) electrons. The molecule has 0 aliphatic carbocycles. The summed E-state index contributed by atoms with van der Waals surface area (Å²) in [6.07, 6.45) is 0. The summed E-state index contributed by atoms with van der Waals surface area (Å²) in [7, 11) is 0. The molecule has 27 heavy (non-hydrogen) atoms. The highest BCUT2D eigenvalue weighted by Crippen LogP contribution is 2.33. The molecule has 0 aromatic heterocycles. The van der Waals surface area contributed by atoms with Crippen LogP contribution in [-0.4, -0.2) is 46.8 Å². The molecule has 0 bridgehead atoms. The zero-order chi connectivity index (χ0) is 19.4. The van der Waals surface area contributed by atoms with Gasteiger partial charge in [0, 0.05) is 43.1 Å². The van der Waals surface area contributed by atoms with E-state index in [0.717, 1.165) is 11.1 Å². The Balaban J connectivity index is 1.60. The zero-order valence-corrected chi connectivity index (χ0v) is 15.4. The van der Waals surface area contributed by atoms with Crippen molar-refractivity contribution in [2.75, 3.05) is 19.7 Å². The molecule has 2 aromatic rings. The van der Waals surface area contributed by atoms with Crippen LogP contribution in [0.2, 0.25) is 5.02 Å². The van der Waals surface area contributed by atoms with Gasteiger partial charge in [-0.3, -0.25) is 0 Å². The van der Waals surface area contributed by atoms with E-state index in [2.05, 4.69) is 5.32 Å². The largest absolute Gasteiger partial charge is 0.478 e. The van der Waals surface area contributed by atoms with E-state index in [1.165, 1.54) is 12.1 Å². The maximum Gasteiger partial charge on any atom is 0.335 e. The first-order valence-corrected chi connectivity index (χ1v) is 9.07. The van der Waals surface area contributed by atoms with Crippen LogP contribution < -0.4 is 5.32 Å². The highest BCUT2D eigenvalue weighted by molar-refractivity contribution is 6.30. The van der Waals surface area contributed by atoms with Crippen molar-refractivity contribution in [3.8, 4) is 0 Å². The molecule has 0 spiro atoms. The Bertz CT molecular complexity index is 808.